The van der Waals surface area contributed by atoms with Gasteiger partial charge in [-0.15, -0.1) is 11.3 Å². The summed E-state index contributed by atoms with van der Waals surface area (Å²) >= 11 is 1.52. The lowest BCUT2D eigenvalue weighted by Crippen LogP contribution is -1.97. The van der Waals surface area contributed by atoms with Crippen LogP contribution in [0.25, 0.3) is 21.1 Å². The van der Waals surface area contributed by atoms with Gasteiger partial charge in [0, 0.05) is 26.4 Å². The second-order valence-corrected chi connectivity index (χ2v) is 5.68. The van der Waals surface area contributed by atoms with E-state index in [0.29, 0.717) is 16.5 Å². The van der Waals surface area contributed by atoms with Crippen molar-refractivity contribution in [2.75, 3.05) is 0 Å². The second kappa shape index (κ2) is 4.53. The molecule has 2 nitrogen and oxygen atoms in total. The summed E-state index contributed by atoms with van der Waals surface area (Å²) in [5.41, 5.74) is 1.13. The molecular formula is C17H9FO2S. The molecule has 0 N–H and O–H groups in total. The highest BCUT2D eigenvalue weighted by Gasteiger charge is 2.18. The molecule has 0 bridgehead atoms. The number of carbonyl (C=O) groups is 1. The van der Waals surface area contributed by atoms with Crippen LogP contribution in [0.3, 0.4) is 0 Å². The van der Waals surface area contributed by atoms with Crippen LogP contribution in [0.15, 0.2) is 58.3 Å². The lowest BCUT2D eigenvalue weighted by molar-refractivity contribution is 0.101. The Morgan fingerprint density at radius 1 is 1.10 bits per heavy atom. The Morgan fingerprint density at radius 3 is 2.86 bits per heavy atom. The third kappa shape index (κ3) is 1.96. The number of thiophene rings is 1. The monoisotopic (exact) mass is 296 g/mol. The van der Waals surface area contributed by atoms with Crippen LogP contribution in [-0.4, -0.2) is 5.78 Å². The van der Waals surface area contributed by atoms with Crippen molar-refractivity contribution < 1.29 is 13.6 Å². The number of hydrogen-bond donors (Lipinski definition) is 0. The molecule has 0 atom stereocenters. The van der Waals surface area contributed by atoms with Crippen LogP contribution < -0.4 is 0 Å². The third-order valence-corrected chi connectivity index (χ3v) is 4.39. The van der Waals surface area contributed by atoms with E-state index in [0.717, 1.165) is 10.1 Å². The summed E-state index contributed by atoms with van der Waals surface area (Å²) in [5.74, 6) is -0.286. The van der Waals surface area contributed by atoms with E-state index in [1.807, 2.05) is 29.6 Å². The Morgan fingerprint density at radius 2 is 1.95 bits per heavy atom. The number of ketones is 1. The van der Waals surface area contributed by atoms with Gasteiger partial charge in [0.2, 0.25) is 5.78 Å². The number of furan rings is 1. The van der Waals surface area contributed by atoms with E-state index in [1.165, 1.54) is 29.5 Å². The van der Waals surface area contributed by atoms with Gasteiger partial charge >= 0.3 is 0 Å². The normalized spacial score (nSPS) is 11.3. The molecule has 102 valence electrons. The summed E-state index contributed by atoms with van der Waals surface area (Å²) in [6, 6.07) is 13.5. The Balaban J connectivity index is 1.86. The molecule has 0 saturated carbocycles. The van der Waals surface area contributed by atoms with E-state index in [4.69, 9.17) is 4.42 Å². The number of carbonyl (C=O) groups excluding carboxylic acids is 1. The minimum atomic E-state index is -0.344. The predicted molar refractivity (Wildman–Crippen MR) is 81.4 cm³/mol. The fraction of sp³-hybridized carbons (Fsp3) is 0. The maximum absolute atomic E-state index is 13.2. The number of rotatable bonds is 2. The highest BCUT2D eigenvalue weighted by Crippen LogP contribution is 2.29. The van der Waals surface area contributed by atoms with Crippen molar-refractivity contribution in [1.29, 1.82) is 0 Å². The molecule has 0 amide bonds. The molecule has 0 fully saturated rings. The smallest absolute Gasteiger partial charge is 0.229 e. The lowest BCUT2D eigenvalue weighted by Gasteiger charge is -1.95. The first kappa shape index (κ1) is 12.3. The Kier molecular flexibility index (Phi) is 2.65. The quantitative estimate of drug-likeness (QED) is 0.486. The van der Waals surface area contributed by atoms with Gasteiger partial charge in [-0.1, -0.05) is 18.2 Å². The van der Waals surface area contributed by atoms with E-state index < -0.39 is 0 Å². The molecule has 0 spiro atoms. The zero-order chi connectivity index (χ0) is 14.4. The summed E-state index contributed by atoms with van der Waals surface area (Å²) < 4.78 is 19.8. The van der Waals surface area contributed by atoms with Crippen molar-refractivity contribution in [3.05, 3.63) is 71.1 Å². The Hall–Kier alpha value is -2.46. The average Bonchev–Trinajstić information content (AvgIpc) is 3.09. The molecule has 0 saturated heterocycles. The molecule has 4 aromatic rings. The maximum Gasteiger partial charge on any atom is 0.229 e. The van der Waals surface area contributed by atoms with Crippen molar-refractivity contribution in [2.24, 2.45) is 0 Å². The van der Waals surface area contributed by atoms with E-state index in [2.05, 4.69) is 0 Å². The predicted octanol–water partition coefficient (Wildman–Crippen LogP) is 5.02. The molecule has 0 aliphatic heterocycles. The molecule has 4 heteroatoms. The van der Waals surface area contributed by atoms with E-state index in [9.17, 15) is 9.18 Å². The first-order chi connectivity index (χ1) is 10.2. The standard InChI is InChI=1S/C17H9FO2S/c18-11-5-6-14-10(7-11)8-15(20-14)17(19)13-9-21-16-4-2-1-3-12(13)16/h1-9H. The van der Waals surface area contributed by atoms with E-state index >= 15 is 0 Å². The first-order valence-electron chi connectivity index (χ1n) is 6.42. The van der Waals surface area contributed by atoms with Crippen LogP contribution >= 0.6 is 11.3 Å². The van der Waals surface area contributed by atoms with Crippen LogP contribution in [0.2, 0.25) is 0 Å². The molecule has 0 aliphatic rings. The minimum Gasteiger partial charge on any atom is -0.453 e. The van der Waals surface area contributed by atoms with Crippen LogP contribution in [0.5, 0.6) is 0 Å². The Labute approximate surface area is 123 Å². The van der Waals surface area contributed by atoms with Crippen molar-refractivity contribution in [3.8, 4) is 0 Å². The highest BCUT2D eigenvalue weighted by atomic mass is 32.1. The van der Waals surface area contributed by atoms with Crippen LogP contribution in [0, 0.1) is 5.82 Å². The molecule has 0 unspecified atom stereocenters. The van der Waals surface area contributed by atoms with Gasteiger partial charge in [-0.05, 0) is 30.3 Å². The van der Waals surface area contributed by atoms with Gasteiger partial charge in [0.15, 0.2) is 5.76 Å². The van der Waals surface area contributed by atoms with Crippen molar-refractivity contribution in [3.63, 3.8) is 0 Å². The van der Waals surface area contributed by atoms with Gasteiger partial charge in [-0.25, -0.2) is 4.39 Å². The average molecular weight is 296 g/mol. The number of fused-ring (bicyclic) bond motifs is 2. The van der Waals surface area contributed by atoms with Crippen molar-refractivity contribution >= 4 is 38.2 Å². The SMILES string of the molecule is O=C(c1cc2cc(F)ccc2o1)c1csc2ccccc12. The summed E-state index contributed by atoms with van der Waals surface area (Å²) in [6.07, 6.45) is 0. The molecular weight excluding hydrogens is 287 g/mol. The number of benzene rings is 2. The van der Waals surface area contributed by atoms with Gasteiger partial charge in [-0.2, -0.15) is 0 Å². The maximum atomic E-state index is 13.2. The topological polar surface area (TPSA) is 30.2 Å². The van der Waals surface area contributed by atoms with E-state index in [1.54, 1.807) is 6.07 Å². The van der Waals surface area contributed by atoms with Crippen molar-refractivity contribution in [2.45, 2.75) is 0 Å². The van der Waals surface area contributed by atoms with Crippen molar-refractivity contribution in [1.82, 2.24) is 0 Å². The van der Waals surface area contributed by atoms with E-state index in [-0.39, 0.29) is 17.4 Å². The summed E-state index contributed by atoms with van der Waals surface area (Å²) in [6.45, 7) is 0. The molecule has 0 radical (unpaired) electrons. The summed E-state index contributed by atoms with van der Waals surface area (Å²) in [5, 5.41) is 3.35. The summed E-state index contributed by atoms with van der Waals surface area (Å²) in [4.78, 5) is 12.6. The molecule has 4 rings (SSSR count). The van der Waals surface area contributed by atoms with Gasteiger partial charge in [0.05, 0.1) is 0 Å². The lowest BCUT2D eigenvalue weighted by atomic mass is 10.1. The number of halogens is 1. The molecule has 2 heterocycles. The minimum absolute atomic E-state index is 0.177. The van der Waals surface area contributed by atoms with Crippen LogP contribution in [0.4, 0.5) is 4.39 Å². The third-order valence-electron chi connectivity index (χ3n) is 3.43. The van der Waals surface area contributed by atoms with Crippen LogP contribution in [-0.2, 0) is 0 Å². The fourth-order valence-corrected chi connectivity index (χ4v) is 3.35. The van der Waals surface area contributed by atoms with Gasteiger partial charge < -0.3 is 4.42 Å². The second-order valence-electron chi connectivity index (χ2n) is 4.77. The molecule has 21 heavy (non-hydrogen) atoms. The zero-order valence-corrected chi connectivity index (χ0v) is 11.6. The van der Waals surface area contributed by atoms with Gasteiger partial charge in [0.1, 0.15) is 11.4 Å². The van der Waals surface area contributed by atoms with Gasteiger partial charge in [0.25, 0.3) is 0 Å². The molecule has 2 aromatic carbocycles. The molecule has 0 aliphatic carbocycles. The fourth-order valence-electron chi connectivity index (χ4n) is 2.41. The van der Waals surface area contributed by atoms with Gasteiger partial charge in [-0.3, -0.25) is 4.79 Å². The highest BCUT2D eigenvalue weighted by molar-refractivity contribution is 7.17. The zero-order valence-electron chi connectivity index (χ0n) is 10.8. The largest absolute Gasteiger partial charge is 0.453 e. The molecule has 2 aromatic heterocycles. The number of hydrogen-bond acceptors (Lipinski definition) is 3. The first-order valence-corrected chi connectivity index (χ1v) is 7.30. The van der Waals surface area contributed by atoms with Crippen LogP contribution in [0.1, 0.15) is 16.1 Å². The summed E-state index contributed by atoms with van der Waals surface area (Å²) in [7, 11) is 0. The Bertz CT molecular complexity index is 981.